The molecule has 0 saturated carbocycles. The highest BCUT2D eigenvalue weighted by atomic mass is 35.5. The van der Waals surface area contributed by atoms with Crippen molar-refractivity contribution in [1.82, 2.24) is 4.57 Å². The van der Waals surface area contributed by atoms with Gasteiger partial charge < -0.3 is 4.57 Å². The number of alkyl halides is 3. The van der Waals surface area contributed by atoms with Gasteiger partial charge in [0.15, 0.2) is 0 Å². The van der Waals surface area contributed by atoms with E-state index in [2.05, 4.69) is 0 Å². The second kappa shape index (κ2) is 7.13. The molecule has 0 fully saturated rings. The first-order valence-corrected chi connectivity index (χ1v) is 8.61. The molecule has 138 valence electrons. The maximum atomic E-state index is 13.1. The van der Waals surface area contributed by atoms with E-state index in [1.807, 2.05) is 34.9 Å². The number of hydrogen-bond acceptors (Lipinski definition) is 1. The van der Waals surface area contributed by atoms with Crippen LogP contribution in [0.15, 0.2) is 54.2 Å². The molecule has 0 spiro atoms. The molecule has 0 radical (unpaired) electrons. The maximum Gasteiger partial charge on any atom is 0.416 e. The fourth-order valence-electron chi connectivity index (χ4n) is 3.12. The first kappa shape index (κ1) is 19.1. The Kier molecular flexibility index (Phi) is 5.03. The molecule has 1 aromatic heterocycles. The van der Waals surface area contributed by atoms with Crippen LogP contribution in [0.3, 0.4) is 0 Å². The number of aromatic nitrogens is 1. The average Bonchev–Trinajstić information content (AvgIpc) is 2.98. The van der Waals surface area contributed by atoms with Crippen LogP contribution in [0.1, 0.15) is 29.2 Å². The van der Waals surface area contributed by atoms with Crippen molar-refractivity contribution in [2.75, 3.05) is 0 Å². The number of para-hydroxylation sites is 1. The number of aryl methyl sites for hydroxylation is 1. The summed E-state index contributed by atoms with van der Waals surface area (Å²) in [6.45, 7) is 3.54. The first-order valence-electron chi connectivity index (χ1n) is 8.23. The maximum absolute atomic E-state index is 13.1. The number of nitriles is 1. The molecule has 0 aliphatic heterocycles. The van der Waals surface area contributed by atoms with Gasteiger partial charge in [-0.15, -0.1) is 0 Å². The van der Waals surface area contributed by atoms with Gasteiger partial charge in [-0.25, -0.2) is 0 Å². The normalized spacial score (nSPS) is 12.8. The molecule has 0 aliphatic rings. The molecule has 0 N–H and O–H groups in total. The van der Waals surface area contributed by atoms with Crippen molar-refractivity contribution < 1.29 is 13.2 Å². The lowest BCUT2D eigenvalue weighted by atomic mass is 10.1. The number of allylic oxidation sites excluding steroid dienone is 1. The minimum absolute atomic E-state index is 0.265. The van der Waals surface area contributed by atoms with E-state index in [4.69, 9.17) is 16.9 Å². The number of halogens is 4. The van der Waals surface area contributed by atoms with E-state index < -0.39 is 11.7 Å². The summed E-state index contributed by atoms with van der Waals surface area (Å²) in [5, 5.41) is 10.3. The number of nitrogens with zero attached hydrogens (tertiary/aromatic N) is 2. The van der Waals surface area contributed by atoms with E-state index in [0.717, 1.165) is 17.0 Å². The molecule has 27 heavy (non-hydrogen) atoms. The highest BCUT2D eigenvalue weighted by Gasteiger charge is 2.30. The molecule has 0 amide bonds. The van der Waals surface area contributed by atoms with E-state index in [1.165, 1.54) is 6.07 Å². The van der Waals surface area contributed by atoms with Crippen LogP contribution in [-0.4, -0.2) is 4.57 Å². The number of rotatable bonds is 3. The quantitative estimate of drug-likeness (QED) is 0.470. The third-order valence-corrected chi connectivity index (χ3v) is 4.83. The summed E-state index contributed by atoms with van der Waals surface area (Å²) in [4.78, 5) is 0. The van der Waals surface area contributed by atoms with Gasteiger partial charge in [-0.05, 0) is 37.6 Å². The topological polar surface area (TPSA) is 28.7 Å². The van der Waals surface area contributed by atoms with Crippen molar-refractivity contribution in [1.29, 1.82) is 5.26 Å². The smallest absolute Gasteiger partial charge is 0.342 e. The lowest BCUT2D eigenvalue weighted by Gasteiger charge is -2.12. The Morgan fingerprint density at radius 1 is 1.19 bits per heavy atom. The van der Waals surface area contributed by atoms with Crippen LogP contribution in [0.4, 0.5) is 13.2 Å². The van der Waals surface area contributed by atoms with Crippen molar-refractivity contribution >= 4 is 27.5 Å². The second-order valence-corrected chi connectivity index (χ2v) is 6.82. The number of fused-ring (bicyclic) bond motifs is 1. The minimum atomic E-state index is -4.39. The zero-order valence-electron chi connectivity index (χ0n) is 14.7. The van der Waals surface area contributed by atoms with Crippen molar-refractivity contribution in [2.45, 2.75) is 26.6 Å². The van der Waals surface area contributed by atoms with Gasteiger partial charge in [0.25, 0.3) is 0 Å². The fourth-order valence-corrected chi connectivity index (χ4v) is 3.31. The molecule has 0 bridgehead atoms. The molecule has 0 aliphatic carbocycles. The summed E-state index contributed by atoms with van der Waals surface area (Å²) in [6, 6.07) is 13.5. The molecule has 2 nitrogen and oxygen atoms in total. The number of benzene rings is 2. The van der Waals surface area contributed by atoms with Crippen molar-refractivity contribution in [3.63, 3.8) is 0 Å². The van der Waals surface area contributed by atoms with Crippen LogP contribution < -0.4 is 0 Å². The van der Waals surface area contributed by atoms with Gasteiger partial charge in [-0.2, -0.15) is 18.4 Å². The highest BCUT2D eigenvalue weighted by molar-refractivity contribution is 6.50. The predicted octanol–water partition coefficient (Wildman–Crippen LogP) is 6.51. The molecule has 2 aromatic carbocycles. The van der Waals surface area contributed by atoms with E-state index in [0.29, 0.717) is 27.3 Å². The second-order valence-electron chi connectivity index (χ2n) is 6.44. The number of hydrogen-bond donors (Lipinski definition) is 0. The summed E-state index contributed by atoms with van der Waals surface area (Å²) in [5.74, 6) is 0. The van der Waals surface area contributed by atoms with Crippen LogP contribution >= 0.6 is 11.6 Å². The van der Waals surface area contributed by atoms with Crippen LogP contribution in [0.2, 0.25) is 0 Å². The Morgan fingerprint density at radius 3 is 2.56 bits per heavy atom. The monoisotopic (exact) mass is 388 g/mol. The van der Waals surface area contributed by atoms with Gasteiger partial charge in [0.05, 0.1) is 16.7 Å². The third-order valence-electron chi connectivity index (χ3n) is 4.34. The zero-order valence-corrected chi connectivity index (χ0v) is 15.5. The van der Waals surface area contributed by atoms with Gasteiger partial charge in [-0.3, -0.25) is 0 Å². The highest BCUT2D eigenvalue weighted by Crippen LogP contribution is 2.33. The Morgan fingerprint density at radius 2 is 1.89 bits per heavy atom. The van der Waals surface area contributed by atoms with Gasteiger partial charge in [-0.1, -0.05) is 41.4 Å². The van der Waals surface area contributed by atoms with E-state index in [-0.39, 0.29) is 6.54 Å². The SMILES string of the molecule is C/C(C#N)=C(\Cl)c1cn(Cc2cc(C)cc(C(F)(F)F)c2)c2ccccc12. The minimum Gasteiger partial charge on any atom is -0.342 e. The third kappa shape index (κ3) is 3.86. The predicted molar refractivity (Wildman–Crippen MR) is 101 cm³/mol. The van der Waals surface area contributed by atoms with E-state index in [9.17, 15) is 13.2 Å². The molecular weight excluding hydrogens is 373 g/mol. The molecule has 0 atom stereocenters. The van der Waals surface area contributed by atoms with Crippen LogP contribution in [0.25, 0.3) is 15.9 Å². The molecule has 1 heterocycles. The fraction of sp³-hybridized carbons (Fsp3) is 0.190. The summed E-state index contributed by atoms with van der Waals surface area (Å²) >= 11 is 6.36. The summed E-state index contributed by atoms with van der Waals surface area (Å²) in [7, 11) is 0. The summed E-state index contributed by atoms with van der Waals surface area (Å²) < 4.78 is 41.2. The van der Waals surface area contributed by atoms with Gasteiger partial charge >= 0.3 is 6.18 Å². The molecule has 0 saturated heterocycles. The Bertz CT molecular complexity index is 1080. The van der Waals surface area contributed by atoms with Crippen molar-refractivity contribution in [3.05, 3.63) is 76.5 Å². The zero-order chi connectivity index (χ0) is 19.8. The Labute approximate surface area is 160 Å². The van der Waals surface area contributed by atoms with Crippen molar-refractivity contribution in [3.8, 4) is 6.07 Å². The first-order chi connectivity index (χ1) is 12.7. The Hall–Kier alpha value is -2.71. The standard InChI is InChI=1S/C21H16ClF3N2/c1-13-7-15(9-16(8-13)21(23,24)25)11-27-12-18(20(22)14(2)10-26)17-5-3-4-6-19(17)27/h3-9,12H,11H2,1-2H3/b20-14+. The Balaban J connectivity index is 2.12. The molecular formula is C21H16ClF3N2. The molecule has 3 rings (SSSR count). The lowest BCUT2D eigenvalue weighted by Crippen LogP contribution is -2.07. The van der Waals surface area contributed by atoms with E-state index in [1.54, 1.807) is 26.1 Å². The molecule has 3 aromatic rings. The van der Waals surface area contributed by atoms with Gasteiger partial charge in [0.2, 0.25) is 0 Å². The molecule has 6 heteroatoms. The van der Waals surface area contributed by atoms with Gasteiger partial charge in [0.1, 0.15) is 0 Å². The van der Waals surface area contributed by atoms with Crippen LogP contribution in [0.5, 0.6) is 0 Å². The lowest BCUT2D eigenvalue weighted by molar-refractivity contribution is -0.137. The average molecular weight is 389 g/mol. The summed E-state index contributed by atoms with van der Waals surface area (Å²) in [5.41, 5.74) is 2.35. The summed E-state index contributed by atoms with van der Waals surface area (Å²) in [6.07, 6.45) is -2.61. The van der Waals surface area contributed by atoms with Crippen LogP contribution in [0, 0.1) is 18.3 Å². The molecule has 0 unspecified atom stereocenters. The van der Waals surface area contributed by atoms with Crippen molar-refractivity contribution in [2.24, 2.45) is 0 Å². The van der Waals surface area contributed by atoms with Crippen LogP contribution in [-0.2, 0) is 12.7 Å². The van der Waals surface area contributed by atoms with Gasteiger partial charge in [0, 0.05) is 34.8 Å². The van der Waals surface area contributed by atoms with E-state index >= 15 is 0 Å². The largest absolute Gasteiger partial charge is 0.416 e.